The summed E-state index contributed by atoms with van der Waals surface area (Å²) in [6, 6.07) is 0. The number of carbonyl (C=O) groups is 4. The Bertz CT molecular complexity index is 656. The summed E-state index contributed by atoms with van der Waals surface area (Å²) < 4.78 is 43.3. The first-order chi connectivity index (χ1) is 21.4. The fourth-order valence-corrected chi connectivity index (χ4v) is 3.06. The fourth-order valence-electron chi connectivity index (χ4n) is 3.06. The number of ether oxygens (including phenoxy) is 8. The zero-order valence-corrected chi connectivity index (χ0v) is 25.8. The van der Waals surface area contributed by atoms with E-state index in [1.165, 1.54) is 0 Å². The van der Waals surface area contributed by atoms with Gasteiger partial charge in [0.2, 0.25) is 11.8 Å². The summed E-state index contributed by atoms with van der Waals surface area (Å²) in [5.74, 6) is -2.53. The molecule has 0 aromatic rings. The van der Waals surface area contributed by atoms with Crippen molar-refractivity contribution in [2.45, 2.75) is 38.5 Å². The Morgan fingerprint density at radius 2 is 0.591 bits per heavy atom. The quantitative estimate of drug-likeness (QED) is 0.0666. The van der Waals surface area contributed by atoms with Crippen molar-refractivity contribution in [1.29, 1.82) is 0 Å². The molecular formula is C28H52N2O14. The summed E-state index contributed by atoms with van der Waals surface area (Å²) in [4.78, 5) is 43.5. The van der Waals surface area contributed by atoms with Crippen molar-refractivity contribution in [3.05, 3.63) is 0 Å². The number of aliphatic carboxylic acids is 2. The zero-order valence-electron chi connectivity index (χ0n) is 25.8. The molecule has 0 saturated carbocycles. The molecule has 16 heteroatoms. The molecule has 0 aromatic heterocycles. The first-order valence-electron chi connectivity index (χ1n) is 15.0. The van der Waals surface area contributed by atoms with Crippen LogP contribution >= 0.6 is 0 Å². The van der Waals surface area contributed by atoms with Crippen molar-refractivity contribution in [3.8, 4) is 0 Å². The Kier molecular flexibility index (Phi) is 31.6. The van der Waals surface area contributed by atoms with E-state index in [9.17, 15) is 19.2 Å². The Morgan fingerprint density at radius 3 is 0.818 bits per heavy atom. The number of carbonyl (C=O) groups excluding carboxylic acids is 2. The van der Waals surface area contributed by atoms with E-state index in [-0.39, 0.29) is 37.5 Å². The Labute approximate surface area is 259 Å². The molecule has 0 heterocycles. The lowest BCUT2D eigenvalue weighted by Crippen LogP contribution is -2.25. The van der Waals surface area contributed by atoms with Crippen LogP contribution in [0, 0.1) is 0 Å². The maximum absolute atomic E-state index is 11.3. The molecule has 258 valence electrons. The largest absolute Gasteiger partial charge is 0.481 e. The van der Waals surface area contributed by atoms with E-state index in [0.29, 0.717) is 132 Å². The van der Waals surface area contributed by atoms with E-state index < -0.39 is 11.9 Å². The molecule has 2 amide bonds. The van der Waals surface area contributed by atoms with Crippen LogP contribution in [-0.4, -0.2) is 153 Å². The minimum Gasteiger partial charge on any atom is -0.481 e. The van der Waals surface area contributed by atoms with Gasteiger partial charge >= 0.3 is 11.9 Å². The predicted octanol–water partition coefficient (Wildman–Crippen LogP) is -0.139. The second-order valence-electron chi connectivity index (χ2n) is 9.09. The Morgan fingerprint density at radius 1 is 0.364 bits per heavy atom. The van der Waals surface area contributed by atoms with Crippen LogP contribution in [-0.2, 0) is 57.1 Å². The molecule has 0 radical (unpaired) electrons. The number of hydrogen-bond donors (Lipinski definition) is 4. The third-order valence-corrected chi connectivity index (χ3v) is 5.31. The third kappa shape index (κ3) is 35.8. The minimum absolute atomic E-state index is 0.0166. The average Bonchev–Trinajstić information content (AvgIpc) is 2.99. The SMILES string of the molecule is O=C(O)CCC(=O)NCCCOCCOCCOCCOCCOCCOCCOCCOCCCNC(=O)CCC(=O)O. The summed E-state index contributed by atoms with van der Waals surface area (Å²) in [5.41, 5.74) is 0. The molecule has 44 heavy (non-hydrogen) atoms. The fraction of sp³-hybridized carbons (Fsp3) is 0.857. The maximum Gasteiger partial charge on any atom is 0.303 e. The lowest BCUT2D eigenvalue weighted by molar-refractivity contribution is -0.139. The van der Waals surface area contributed by atoms with Gasteiger partial charge in [0.1, 0.15) is 0 Å². The van der Waals surface area contributed by atoms with Crippen molar-refractivity contribution in [2.24, 2.45) is 0 Å². The maximum atomic E-state index is 11.3. The van der Waals surface area contributed by atoms with Gasteiger partial charge in [-0.15, -0.1) is 0 Å². The van der Waals surface area contributed by atoms with E-state index >= 15 is 0 Å². The van der Waals surface area contributed by atoms with Crippen LogP contribution in [0.1, 0.15) is 38.5 Å². The number of nitrogens with one attached hydrogen (secondary N) is 2. The van der Waals surface area contributed by atoms with Crippen LogP contribution in [0.5, 0.6) is 0 Å². The van der Waals surface area contributed by atoms with E-state index in [4.69, 9.17) is 48.1 Å². The van der Waals surface area contributed by atoms with Gasteiger partial charge in [0.25, 0.3) is 0 Å². The van der Waals surface area contributed by atoms with Crippen LogP contribution in [0.2, 0.25) is 0 Å². The Hall–Kier alpha value is -2.44. The van der Waals surface area contributed by atoms with E-state index in [1.54, 1.807) is 0 Å². The normalized spacial score (nSPS) is 11.0. The highest BCUT2D eigenvalue weighted by Gasteiger charge is 2.05. The van der Waals surface area contributed by atoms with Gasteiger partial charge in [-0.2, -0.15) is 0 Å². The first-order valence-corrected chi connectivity index (χ1v) is 15.0. The smallest absolute Gasteiger partial charge is 0.303 e. The van der Waals surface area contributed by atoms with E-state index in [2.05, 4.69) is 10.6 Å². The molecule has 0 spiro atoms. The van der Waals surface area contributed by atoms with Crippen LogP contribution in [0.3, 0.4) is 0 Å². The zero-order chi connectivity index (χ0) is 32.4. The van der Waals surface area contributed by atoms with Gasteiger partial charge in [0.15, 0.2) is 0 Å². The van der Waals surface area contributed by atoms with E-state index in [1.807, 2.05) is 0 Å². The van der Waals surface area contributed by atoms with Crippen molar-refractivity contribution in [1.82, 2.24) is 10.6 Å². The van der Waals surface area contributed by atoms with Gasteiger partial charge in [-0.25, -0.2) is 0 Å². The topological polar surface area (TPSA) is 207 Å². The molecule has 0 saturated heterocycles. The molecular weight excluding hydrogens is 588 g/mol. The van der Waals surface area contributed by atoms with Crippen molar-refractivity contribution in [3.63, 3.8) is 0 Å². The molecule has 0 aliphatic carbocycles. The summed E-state index contributed by atoms with van der Waals surface area (Å²) in [6.07, 6.45) is 0.913. The monoisotopic (exact) mass is 640 g/mol. The second kappa shape index (κ2) is 33.5. The van der Waals surface area contributed by atoms with Gasteiger partial charge in [-0.3, -0.25) is 19.2 Å². The van der Waals surface area contributed by atoms with Gasteiger partial charge in [-0.05, 0) is 12.8 Å². The van der Waals surface area contributed by atoms with Crippen LogP contribution < -0.4 is 10.6 Å². The van der Waals surface area contributed by atoms with Crippen molar-refractivity contribution < 1.29 is 67.3 Å². The first kappa shape index (κ1) is 41.6. The number of amides is 2. The number of rotatable bonds is 35. The molecule has 0 rings (SSSR count). The van der Waals surface area contributed by atoms with Crippen LogP contribution in [0.4, 0.5) is 0 Å². The summed E-state index contributed by atoms with van der Waals surface area (Å²) in [6.45, 7) is 8.19. The van der Waals surface area contributed by atoms with Gasteiger partial charge in [-0.1, -0.05) is 0 Å². The molecule has 0 aliphatic heterocycles. The number of hydrogen-bond acceptors (Lipinski definition) is 12. The van der Waals surface area contributed by atoms with Crippen molar-refractivity contribution in [2.75, 3.05) is 119 Å². The highest BCUT2D eigenvalue weighted by molar-refractivity contribution is 5.81. The number of carboxylic acid groups (broad SMARTS) is 2. The van der Waals surface area contributed by atoms with Gasteiger partial charge < -0.3 is 58.7 Å². The molecule has 0 atom stereocenters. The molecule has 0 aliphatic rings. The molecule has 0 unspecified atom stereocenters. The molecule has 4 N–H and O–H groups in total. The third-order valence-electron chi connectivity index (χ3n) is 5.31. The Balaban J connectivity index is 3.13. The standard InChI is InChI=1S/C28H52N2O14/c31-25(3-5-27(33)34)29-7-1-9-37-11-13-39-15-17-41-19-21-43-23-24-44-22-20-42-18-16-40-14-12-38-10-2-8-30-26(32)4-6-28(35)36/h1-24H2,(H,29,31)(H,30,32)(H,33,34)(H,35,36). The van der Waals surface area contributed by atoms with Crippen molar-refractivity contribution >= 4 is 23.8 Å². The highest BCUT2D eigenvalue weighted by atomic mass is 16.6. The van der Waals surface area contributed by atoms with Crippen LogP contribution in [0.15, 0.2) is 0 Å². The molecule has 0 bridgehead atoms. The van der Waals surface area contributed by atoms with Gasteiger partial charge in [0.05, 0.1) is 105 Å². The van der Waals surface area contributed by atoms with Crippen LogP contribution in [0.25, 0.3) is 0 Å². The lowest BCUT2D eigenvalue weighted by atomic mass is 10.3. The van der Waals surface area contributed by atoms with Gasteiger partial charge in [0, 0.05) is 39.1 Å². The number of carboxylic acids is 2. The van der Waals surface area contributed by atoms with E-state index in [0.717, 1.165) is 0 Å². The summed E-state index contributed by atoms with van der Waals surface area (Å²) in [5, 5.41) is 22.3. The summed E-state index contributed by atoms with van der Waals surface area (Å²) >= 11 is 0. The summed E-state index contributed by atoms with van der Waals surface area (Å²) in [7, 11) is 0. The molecule has 16 nitrogen and oxygen atoms in total. The molecule has 0 aromatic carbocycles. The predicted molar refractivity (Wildman–Crippen MR) is 156 cm³/mol. The second-order valence-corrected chi connectivity index (χ2v) is 9.09. The average molecular weight is 641 g/mol. The molecule has 0 fully saturated rings. The highest BCUT2D eigenvalue weighted by Crippen LogP contribution is 1.91. The lowest BCUT2D eigenvalue weighted by Gasteiger charge is -2.09. The minimum atomic E-state index is -0.989.